The van der Waals surface area contributed by atoms with E-state index < -0.39 is 0 Å². The average Bonchev–Trinajstić information content (AvgIpc) is 2.32. The molecule has 1 aromatic heterocycles. The maximum atomic E-state index is 11.0. The van der Waals surface area contributed by atoms with Crippen LogP contribution in [-0.4, -0.2) is 17.6 Å². The van der Waals surface area contributed by atoms with Crippen LogP contribution in [0.15, 0.2) is 12.3 Å². The van der Waals surface area contributed by atoms with Gasteiger partial charge in [0.2, 0.25) is 0 Å². The standard InChI is InChI=1S/C12H9ClN2O2/c1-2-17-11(16)5-3-4-10-6-9(7-14)8-15-12(10)13/h6,8H,2,5H2,1H3. The summed E-state index contributed by atoms with van der Waals surface area (Å²) in [4.78, 5) is 14.8. The number of carbonyl (C=O) groups excluding carboxylic acids is 1. The molecular formula is C12H9ClN2O2. The molecule has 0 radical (unpaired) electrons. The van der Waals surface area contributed by atoms with Crippen molar-refractivity contribution in [1.29, 1.82) is 5.26 Å². The van der Waals surface area contributed by atoms with E-state index in [9.17, 15) is 4.79 Å². The van der Waals surface area contributed by atoms with Crippen molar-refractivity contribution in [2.75, 3.05) is 6.61 Å². The lowest BCUT2D eigenvalue weighted by molar-refractivity contribution is -0.141. The molecule has 0 aliphatic carbocycles. The van der Waals surface area contributed by atoms with E-state index in [4.69, 9.17) is 21.6 Å². The van der Waals surface area contributed by atoms with Crippen LogP contribution in [0.1, 0.15) is 24.5 Å². The highest BCUT2D eigenvalue weighted by Crippen LogP contribution is 2.12. The van der Waals surface area contributed by atoms with Gasteiger partial charge >= 0.3 is 5.97 Å². The van der Waals surface area contributed by atoms with Crippen LogP contribution in [0.5, 0.6) is 0 Å². The largest absolute Gasteiger partial charge is 0.465 e. The molecule has 0 aromatic carbocycles. The van der Waals surface area contributed by atoms with Crippen molar-refractivity contribution < 1.29 is 9.53 Å². The lowest BCUT2D eigenvalue weighted by atomic mass is 10.2. The van der Waals surface area contributed by atoms with E-state index in [0.717, 1.165) is 0 Å². The Morgan fingerprint density at radius 3 is 3.06 bits per heavy atom. The predicted octanol–water partition coefficient (Wildman–Crippen LogP) is 1.91. The molecule has 0 aliphatic rings. The molecule has 4 nitrogen and oxygen atoms in total. The molecule has 17 heavy (non-hydrogen) atoms. The summed E-state index contributed by atoms with van der Waals surface area (Å²) in [7, 11) is 0. The summed E-state index contributed by atoms with van der Waals surface area (Å²) in [6, 6.07) is 3.45. The summed E-state index contributed by atoms with van der Waals surface area (Å²) in [5, 5.41) is 8.89. The highest BCUT2D eigenvalue weighted by molar-refractivity contribution is 6.30. The fraction of sp³-hybridized carbons (Fsp3) is 0.250. The minimum Gasteiger partial charge on any atom is -0.465 e. The Bertz CT molecular complexity index is 524. The summed E-state index contributed by atoms with van der Waals surface area (Å²) in [6.45, 7) is 2.05. The first-order chi connectivity index (χ1) is 8.17. The van der Waals surface area contributed by atoms with Gasteiger partial charge in [0.1, 0.15) is 17.6 Å². The molecule has 0 amide bonds. The van der Waals surface area contributed by atoms with Crippen LogP contribution in [0.2, 0.25) is 5.15 Å². The van der Waals surface area contributed by atoms with Crippen LogP contribution >= 0.6 is 11.6 Å². The first-order valence-electron chi connectivity index (χ1n) is 4.87. The SMILES string of the molecule is CCOC(=O)CC#Cc1cc(C#N)cnc1Cl. The van der Waals surface area contributed by atoms with Crippen molar-refractivity contribution in [3.05, 3.63) is 28.5 Å². The zero-order chi connectivity index (χ0) is 12.7. The number of aromatic nitrogens is 1. The second-order valence-corrected chi connectivity index (χ2v) is 3.32. The summed E-state index contributed by atoms with van der Waals surface area (Å²) < 4.78 is 4.71. The Balaban J connectivity index is 2.78. The van der Waals surface area contributed by atoms with Gasteiger partial charge in [-0.05, 0) is 13.0 Å². The second-order valence-electron chi connectivity index (χ2n) is 2.96. The van der Waals surface area contributed by atoms with Crippen molar-refractivity contribution in [2.24, 2.45) is 0 Å². The molecule has 0 atom stereocenters. The van der Waals surface area contributed by atoms with E-state index in [2.05, 4.69) is 16.8 Å². The van der Waals surface area contributed by atoms with Crippen LogP contribution in [0.25, 0.3) is 0 Å². The average molecular weight is 249 g/mol. The molecule has 0 aliphatic heterocycles. The fourth-order valence-corrected chi connectivity index (χ4v) is 1.17. The van der Waals surface area contributed by atoms with Gasteiger partial charge in [0.05, 0.1) is 17.7 Å². The fourth-order valence-electron chi connectivity index (χ4n) is 1.02. The van der Waals surface area contributed by atoms with E-state index in [1.54, 1.807) is 6.92 Å². The number of hydrogen-bond acceptors (Lipinski definition) is 4. The number of esters is 1. The Hall–Kier alpha value is -2.04. The number of halogens is 1. The Labute approximate surface area is 104 Å². The quantitative estimate of drug-likeness (QED) is 0.456. The molecule has 0 saturated heterocycles. The Morgan fingerprint density at radius 1 is 1.65 bits per heavy atom. The normalized spacial score (nSPS) is 8.76. The highest BCUT2D eigenvalue weighted by Gasteiger charge is 2.01. The van der Waals surface area contributed by atoms with E-state index in [1.165, 1.54) is 12.3 Å². The molecule has 0 fully saturated rings. The lowest BCUT2D eigenvalue weighted by Gasteiger charge is -1.96. The van der Waals surface area contributed by atoms with E-state index in [-0.39, 0.29) is 17.5 Å². The first kappa shape index (κ1) is 13.0. The third-order valence-electron chi connectivity index (χ3n) is 1.73. The summed E-state index contributed by atoms with van der Waals surface area (Å²) in [6.07, 6.45) is 1.35. The molecule has 0 spiro atoms. The van der Waals surface area contributed by atoms with Crippen LogP contribution < -0.4 is 0 Å². The van der Waals surface area contributed by atoms with Crippen molar-refractivity contribution in [2.45, 2.75) is 13.3 Å². The minimum absolute atomic E-state index is 0.0129. The van der Waals surface area contributed by atoms with E-state index in [1.807, 2.05) is 6.07 Å². The van der Waals surface area contributed by atoms with Crippen molar-refractivity contribution in [3.8, 4) is 17.9 Å². The number of hydrogen-bond donors (Lipinski definition) is 0. The summed E-state index contributed by atoms with van der Waals surface area (Å²) >= 11 is 5.79. The van der Waals surface area contributed by atoms with Crippen molar-refractivity contribution >= 4 is 17.6 Å². The molecule has 1 rings (SSSR count). The minimum atomic E-state index is -0.388. The van der Waals surface area contributed by atoms with E-state index >= 15 is 0 Å². The van der Waals surface area contributed by atoms with Gasteiger partial charge < -0.3 is 4.74 Å². The molecule has 1 aromatic rings. The highest BCUT2D eigenvalue weighted by atomic mass is 35.5. The predicted molar refractivity (Wildman–Crippen MR) is 62.1 cm³/mol. The van der Waals surface area contributed by atoms with Crippen LogP contribution in [0, 0.1) is 23.2 Å². The topological polar surface area (TPSA) is 63.0 Å². The molecule has 86 valence electrons. The number of carbonyl (C=O) groups is 1. The summed E-state index contributed by atoms with van der Waals surface area (Å²) in [5.41, 5.74) is 0.796. The monoisotopic (exact) mass is 248 g/mol. The van der Waals surface area contributed by atoms with Gasteiger partial charge in [-0.25, -0.2) is 4.98 Å². The number of rotatable bonds is 2. The van der Waals surface area contributed by atoms with E-state index in [0.29, 0.717) is 17.7 Å². The molecule has 0 bridgehead atoms. The van der Waals surface area contributed by atoms with Crippen molar-refractivity contribution in [1.82, 2.24) is 4.98 Å². The van der Waals surface area contributed by atoms with Gasteiger partial charge in [0, 0.05) is 6.20 Å². The van der Waals surface area contributed by atoms with Gasteiger partial charge in [-0.15, -0.1) is 0 Å². The lowest BCUT2D eigenvalue weighted by Crippen LogP contribution is -2.01. The van der Waals surface area contributed by atoms with Gasteiger partial charge in [0.15, 0.2) is 0 Å². The Kier molecular flexibility index (Phi) is 5.00. The Morgan fingerprint density at radius 2 is 2.41 bits per heavy atom. The molecular weight excluding hydrogens is 240 g/mol. The van der Waals surface area contributed by atoms with Gasteiger partial charge in [-0.1, -0.05) is 23.4 Å². The molecule has 0 N–H and O–H groups in total. The van der Waals surface area contributed by atoms with Crippen LogP contribution in [-0.2, 0) is 9.53 Å². The zero-order valence-electron chi connectivity index (χ0n) is 9.16. The molecule has 0 saturated carbocycles. The number of nitriles is 1. The maximum absolute atomic E-state index is 11.0. The number of pyridine rings is 1. The van der Waals surface area contributed by atoms with Gasteiger partial charge in [0.25, 0.3) is 0 Å². The molecule has 0 unspecified atom stereocenters. The maximum Gasteiger partial charge on any atom is 0.317 e. The second kappa shape index (κ2) is 6.52. The van der Waals surface area contributed by atoms with Gasteiger partial charge in [-0.3, -0.25) is 4.79 Å². The third-order valence-corrected chi connectivity index (χ3v) is 2.03. The molecule has 1 heterocycles. The van der Waals surface area contributed by atoms with Crippen LogP contribution in [0.3, 0.4) is 0 Å². The molecule has 5 heteroatoms. The zero-order valence-corrected chi connectivity index (χ0v) is 9.91. The third kappa shape index (κ3) is 4.14. The first-order valence-corrected chi connectivity index (χ1v) is 5.25. The number of ether oxygens (including phenoxy) is 1. The smallest absolute Gasteiger partial charge is 0.317 e. The van der Waals surface area contributed by atoms with Crippen molar-refractivity contribution in [3.63, 3.8) is 0 Å². The summed E-state index contributed by atoms with van der Waals surface area (Å²) in [5.74, 6) is 4.91. The van der Waals surface area contributed by atoms with Crippen LogP contribution in [0.4, 0.5) is 0 Å². The van der Waals surface area contributed by atoms with Gasteiger partial charge in [-0.2, -0.15) is 5.26 Å². The number of nitrogens with zero attached hydrogens (tertiary/aromatic N) is 2.